The van der Waals surface area contributed by atoms with Crippen molar-refractivity contribution in [3.63, 3.8) is 0 Å². The fraction of sp³-hybridized carbons (Fsp3) is 0.471. The molecule has 0 aliphatic carbocycles. The maximum absolute atomic E-state index is 5.65. The second kappa shape index (κ2) is 7.00. The highest BCUT2D eigenvalue weighted by molar-refractivity contribution is 5.86. The Balaban J connectivity index is 1.87. The van der Waals surface area contributed by atoms with Gasteiger partial charge in [0.05, 0.1) is 23.9 Å². The summed E-state index contributed by atoms with van der Waals surface area (Å²) in [5.41, 5.74) is 0.836. The van der Waals surface area contributed by atoms with Gasteiger partial charge in [0.15, 0.2) is 5.65 Å². The summed E-state index contributed by atoms with van der Waals surface area (Å²) in [5, 5.41) is 8.69. The third-order valence-corrected chi connectivity index (χ3v) is 4.29. The molecule has 3 heterocycles. The van der Waals surface area contributed by atoms with E-state index in [-0.39, 0.29) is 6.04 Å². The van der Waals surface area contributed by atoms with Crippen LogP contribution in [-0.4, -0.2) is 44.3 Å². The monoisotopic (exact) mass is 328 g/mol. The molecule has 0 amide bonds. The van der Waals surface area contributed by atoms with Gasteiger partial charge in [-0.1, -0.05) is 13.8 Å². The van der Waals surface area contributed by atoms with Crippen LogP contribution in [-0.2, 0) is 7.05 Å². The third kappa shape index (κ3) is 3.12. The first-order valence-electron chi connectivity index (χ1n) is 8.31. The molecule has 0 aliphatic rings. The van der Waals surface area contributed by atoms with E-state index in [2.05, 4.69) is 39.1 Å². The molecular weight excluding hydrogens is 304 g/mol. The van der Waals surface area contributed by atoms with E-state index in [1.54, 1.807) is 17.1 Å². The zero-order valence-corrected chi connectivity index (χ0v) is 14.7. The number of furan rings is 1. The number of rotatable bonds is 7. The van der Waals surface area contributed by atoms with E-state index in [0.717, 1.165) is 41.5 Å². The Morgan fingerprint density at radius 3 is 2.75 bits per heavy atom. The summed E-state index contributed by atoms with van der Waals surface area (Å²) in [5.74, 6) is 2.50. The lowest BCUT2D eigenvalue weighted by Crippen LogP contribution is -2.33. The Morgan fingerprint density at radius 2 is 2.08 bits per heavy atom. The number of likely N-dealkylation sites (N-methyl/N-ethyl adjacent to an activating group) is 1. The number of aromatic nitrogens is 4. The number of anilines is 1. The molecule has 3 aromatic heterocycles. The maximum atomic E-state index is 5.65. The molecule has 0 bridgehead atoms. The van der Waals surface area contributed by atoms with E-state index >= 15 is 0 Å². The van der Waals surface area contributed by atoms with Crippen LogP contribution in [0.5, 0.6) is 0 Å². The molecule has 24 heavy (non-hydrogen) atoms. The van der Waals surface area contributed by atoms with Gasteiger partial charge in [-0.2, -0.15) is 5.10 Å². The molecule has 0 fully saturated rings. The highest BCUT2D eigenvalue weighted by atomic mass is 16.3. The van der Waals surface area contributed by atoms with Gasteiger partial charge in [-0.3, -0.25) is 9.58 Å². The van der Waals surface area contributed by atoms with Crippen molar-refractivity contribution in [1.82, 2.24) is 24.6 Å². The first-order valence-corrected chi connectivity index (χ1v) is 8.31. The van der Waals surface area contributed by atoms with E-state index in [0.29, 0.717) is 6.54 Å². The number of hydrogen-bond donors (Lipinski definition) is 1. The molecule has 7 nitrogen and oxygen atoms in total. The SMILES string of the molecule is CCN(CC)[C@@H](CNc1nc(C)nc2c1cnn2C)c1ccco1. The van der Waals surface area contributed by atoms with Gasteiger partial charge in [0.1, 0.15) is 17.4 Å². The average molecular weight is 328 g/mol. The minimum Gasteiger partial charge on any atom is -0.468 e. The van der Waals surface area contributed by atoms with E-state index in [1.165, 1.54) is 0 Å². The maximum Gasteiger partial charge on any atom is 0.163 e. The highest BCUT2D eigenvalue weighted by Gasteiger charge is 2.21. The van der Waals surface area contributed by atoms with Crippen molar-refractivity contribution in [2.75, 3.05) is 25.0 Å². The molecule has 0 aromatic carbocycles. The van der Waals surface area contributed by atoms with Crippen molar-refractivity contribution in [2.45, 2.75) is 26.8 Å². The summed E-state index contributed by atoms with van der Waals surface area (Å²) in [6.07, 6.45) is 3.52. The van der Waals surface area contributed by atoms with Crippen molar-refractivity contribution in [1.29, 1.82) is 0 Å². The molecule has 0 unspecified atom stereocenters. The summed E-state index contributed by atoms with van der Waals surface area (Å²) < 4.78 is 7.42. The van der Waals surface area contributed by atoms with Gasteiger partial charge in [-0.15, -0.1) is 0 Å². The minimum absolute atomic E-state index is 0.150. The van der Waals surface area contributed by atoms with Crippen LogP contribution in [0.1, 0.15) is 31.5 Å². The van der Waals surface area contributed by atoms with Crippen molar-refractivity contribution in [3.8, 4) is 0 Å². The number of aryl methyl sites for hydroxylation is 2. The second-order valence-electron chi connectivity index (χ2n) is 5.76. The van der Waals surface area contributed by atoms with Crippen LogP contribution >= 0.6 is 0 Å². The lowest BCUT2D eigenvalue weighted by molar-refractivity contribution is 0.202. The Labute approximate surface area is 141 Å². The van der Waals surface area contributed by atoms with Crippen molar-refractivity contribution in [3.05, 3.63) is 36.2 Å². The molecule has 128 valence electrons. The van der Waals surface area contributed by atoms with Crippen LogP contribution in [0.2, 0.25) is 0 Å². The van der Waals surface area contributed by atoms with E-state index in [9.17, 15) is 0 Å². The highest BCUT2D eigenvalue weighted by Crippen LogP contribution is 2.24. The fourth-order valence-electron chi connectivity index (χ4n) is 3.01. The Morgan fingerprint density at radius 1 is 1.29 bits per heavy atom. The predicted molar refractivity (Wildman–Crippen MR) is 93.9 cm³/mol. The Hall–Kier alpha value is -2.41. The minimum atomic E-state index is 0.150. The molecule has 0 radical (unpaired) electrons. The van der Waals surface area contributed by atoms with Gasteiger partial charge < -0.3 is 9.73 Å². The zero-order chi connectivity index (χ0) is 17.1. The number of nitrogens with one attached hydrogen (secondary N) is 1. The number of nitrogens with zero attached hydrogens (tertiary/aromatic N) is 5. The van der Waals surface area contributed by atoms with Gasteiger partial charge in [-0.25, -0.2) is 9.97 Å². The van der Waals surface area contributed by atoms with Crippen molar-refractivity contribution < 1.29 is 4.42 Å². The standard InChI is InChI=1S/C17H24N6O/c1-5-23(6-2)14(15-8-7-9-24-15)11-18-16-13-10-19-22(4)17(13)21-12(3)20-16/h7-10,14H,5-6,11H2,1-4H3,(H,18,20,21)/t14-/m0/s1. The summed E-state index contributed by atoms with van der Waals surface area (Å²) in [4.78, 5) is 11.4. The lowest BCUT2D eigenvalue weighted by atomic mass is 10.2. The molecule has 0 saturated carbocycles. The molecule has 3 aromatic rings. The summed E-state index contributed by atoms with van der Waals surface area (Å²) in [7, 11) is 1.89. The lowest BCUT2D eigenvalue weighted by Gasteiger charge is -2.28. The Kier molecular flexibility index (Phi) is 4.80. The van der Waals surface area contributed by atoms with Crippen LogP contribution < -0.4 is 5.32 Å². The first kappa shape index (κ1) is 16.4. The number of hydrogen-bond acceptors (Lipinski definition) is 6. The molecule has 7 heteroatoms. The normalized spacial score (nSPS) is 12.9. The quantitative estimate of drug-likeness (QED) is 0.719. The molecule has 1 N–H and O–H groups in total. The first-order chi connectivity index (χ1) is 11.6. The molecule has 0 aliphatic heterocycles. The smallest absolute Gasteiger partial charge is 0.163 e. The molecule has 3 rings (SSSR count). The summed E-state index contributed by atoms with van der Waals surface area (Å²) in [6.45, 7) is 8.83. The molecule has 0 spiro atoms. The predicted octanol–water partition coefficient (Wildman–Crippen LogP) is 2.76. The van der Waals surface area contributed by atoms with Crippen LogP contribution in [0.4, 0.5) is 5.82 Å². The van der Waals surface area contributed by atoms with E-state index < -0.39 is 0 Å². The van der Waals surface area contributed by atoms with E-state index in [1.807, 2.05) is 26.1 Å². The van der Waals surface area contributed by atoms with Gasteiger partial charge in [0, 0.05) is 13.6 Å². The van der Waals surface area contributed by atoms with Crippen LogP contribution in [0.25, 0.3) is 11.0 Å². The van der Waals surface area contributed by atoms with Crippen LogP contribution in [0, 0.1) is 6.92 Å². The molecule has 1 atom stereocenters. The fourth-order valence-corrected chi connectivity index (χ4v) is 3.01. The summed E-state index contributed by atoms with van der Waals surface area (Å²) in [6, 6.07) is 4.10. The topological polar surface area (TPSA) is 72.0 Å². The van der Waals surface area contributed by atoms with Crippen LogP contribution in [0.3, 0.4) is 0 Å². The second-order valence-corrected chi connectivity index (χ2v) is 5.76. The van der Waals surface area contributed by atoms with Crippen molar-refractivity contribution in [2.24, 2.45) is 7.05 Å². The average Bonchev–Trinajstić information content (AvgIpc) is 3.22. The van der Waals surface area contributed by atoms with E-state index in [4.69, 9.17) is 4.42 Å². The zero-order valence-electron chi connectivity index (χ0n) is 14.7. The van der Waals surface area contributed by atoms with Gasteiger partial charge >= 0.3 is 0 Å². The number of fused-ring (bicyclic) bond motifs is 1. The summed E-state index contributed by atoms with van der Waals surface area (Å²) >= 11 is 0. The van der Waals surface area contributed by atoms with Gasteiger partial charge in [0.2, 0.25) is 0 Å². The molecular formula is C17H24N6O. The van der Waals surface area contributed by atoms with Crippen molar-refractivity contribution >= 4 is 16.9 Å². The molecule has 0 saturated heterocycles. The van der Waals surface area contributed by atoms with Gasteiger partial charge in [-0.05, 0) is 32.1 Å². The Bertz CT molecular complexity index is 791. The third-order valence-electron chi connectivity index (χ3n) is 4.29. The van der Waals surface area contributed by atoms with Crippen LogP contribution in [0.15, 0.2) is 29.0 Å². The largest absolute Gasteiger partial charge is 0.468 e. The van der Waals surface area contributed by atoms with Gasteiger partial charge in [0.25, 0.3) is 0 Å².